The molecule has 1 N–H and O–H groups in total. The quantitative estimate of drug-likeness (QED) is 0.348. The lowest BCUT2D eigenvalue weighted by Crippen LogP contribution is -3.02. The molecule has 0 saturated carbocycles. The van der Waals surface area contributed by atoms with E-state index in [0.29, 0.717) is 0 Å². The predicted molar refractivity (Wildman–Crippen MR) is 59.8 cm³/mol. The third kappa shape index (κ3) is 6.65. The smallest absolute Gasteiger partial charge is 0.270 e. The molecule has 0 unspecified atom stereocenters. The van der Waals surface area contributed by atoms with E-state index in [9.17, 15) is 0 Å². The number of hydrogen-bond donors (Lipinski definition) is 1. The van der Waals surface area contributed by atoms with Crippen LogP contribution in [0.15, 0.2) is 0 Å². The van der Waals surface area contributed by atoms with Crippen LogP contribution in [0, 0.1) is 49.0 Å². The van der Waals surface area contributed by atoms with E-state index >= 15 is 0 Å². The van der Waals surface area contributed by atoms with Crippen LogP contribution < -0.4 is 4.90 Å². The number of hydrogen-bond acceptors (Lipinski definition) is 0. The van der Waals surface area contributed by atoms with Crippen LogP contribution in [-0.2, 0) is 0 Å². The van der Waals surface area contributed by atoms with Crippen LogP contribution in [0.4, 0.5) is 0 Å². The average molecular weight is 171 g/mol. The van der Waals surface area contributed by atoms with Gasteiger partial charge in [-0.15, -0.1) is 0 Å². The fourth-order valence-electron chi connectivity index (χ4n) is 0.289. The fraction of sp³-hybridized carbons (Fsp3) is 0.273. The first-order valence-electron chi connectivity index (χ1n) is 3.81. The molecule has 0 bridgehead atoms. The van der Waals surface area contributed by atoms with Crippen LogP contribution in [-0.4, -0.2) is 27.3 Å². The first-order chi connectivity index (χ1) is 5.97. The fourth-order valence-corrected chi connectivity index (χ4v) is 0.289. The SMILES string of the molecule is C#C[B-](C#C)(C#C)C#C.C[NH+](C)C. The van der Waals surface area contributed by atoms with Gasteiger partial charge in [0.1, 0.15) is 0 Å². The molecule has 0 saturated heterocycles. The van der Waals surface area contributed by atoms with E-state index in [2.05, 4.69) is 44.4 Å². The van der Waals surface area contributed by atoms with Gasteiger partial charge in [0.15, 0.2) is 0 Å². The number of rotatable bonds is 0. The van der Waals surface area contributed by atoms with Crippen LogP contribution >= 0.6 is 0 Å². The summed E-state index contributed by atoms with van der Waals surface area (Å²) < 4.78 is 0. The summed E-state index contributed by atoms with van der Waals surface area (Å²) in [5, 5.41) is 0. The Balaban J connectivity index is 0. The van der Waals surface area contributed by atoms with Gasteiger partial charge in [0.25, 0.3) is 6.15 Å². The molecule has 1 nitrogen and oxygen atoms in total. The lowest BCUT2D eigenvalue weighted by atomic mass is 9.28. The van der Waals surface area contributed by atoms with Crippen molar-refractivity contribution in [2.75, 3.05) is 21.1 Å². The summed E-state index contributed by atoms with van der Waals surface area (Å²) in [4.78, 5) is 1.42. The number of quaternary nitrogens is 1. The minimum atomic E-state index is -1.83. The van der Waals surface area contributed by atoms with E-state index in [-0.39, 0.29) is 0 Å². The van der Waals surface area contributed by atoms with Crippen molar-refractivity contribution in [1.29, 1.82) is 0 Å². The first-order valence-corrected chi connectivity index (χ1v) is 3.81. The Bertz CT molecular complexity index is 237. The van der Waals surface area contributed by atoms with E-state index in [1.807, 2.05) is 0 Å². The largest absolute Gasteiger partial charge is 0.342 e. The molecule has 0 aromatic heterocycles. The second kappa shape index (κ2) is 6.94. The molecule has 0 aliphatic carbocycles. The van der Waals surface area contributed by atoms with Crippen molar-refractivity contribution < 1.29 is 4.90 Å². The van der Waals surface area contributed by atoms with E-state index in [0.717, 1.165) is 0 Å². The van der Waals surface area contributed by atoms with Gasteiger partial charge in [0.2, 0.25) is 0 Å². The summed E-state index contributed by atoms with van der Waals surface area (Å²) in [5.41, 5.74) is 0. The van der Waals surface area contributed by atoms with Gasteiger partial charge >= 0.3 is 0 Å². The van der Waals surface area contributed by atoms with Crippen LogP contribution in [0.3, 0.4) is 0 Å². The Kier molecular flexibility index (Phi) is 7.39. The third-order valence-electron chi connectivity index (χ3n) is 1.00. The average Bonchev–Trinajstić information content (AvgIpc) is 2.09. The minimum absolute atomic E-state index is 1.42. The highest BCUT2D eigenvalue weighted by atomic mass is 15.0. The van der Waals surface area contributed by atoms with Crippen LogP contribution in [0.1, 0.15) is 0 Å². The summed E-state index contributed by atoms with van der Waals surface area (Å²) in [7, 11) is 6.25. The zero-order chi connectivity index (χ0) is 10.9. The van der Waals surface area contributed by atoms with Gasteiger partial charge in [-0.25, -0.2) is 0 Å². The van der Waals surface area contributed by atoms with Crippen molar-refractivity contribution in [3.05, 3.63) is 0 Å². The molecule has 0 rings (SSSR count). The molecule has 0 radical (unpaired) electrons. The van der Waals surface area contributed by atoms with E-state index in [1.165, 1.54) is 4.90 Å². The lowest BCUT2D eigenvalue weighted by Gasteiger charge is -2.12. The Morgan fingerprint density at radius 1 is 0.769 bits per heavy atom. The standard InChI is InChI=1S/C8H4B.C3H9N/c1-5-9(6-2,7-3)8-4;1-4(2)3/h1-4H;1-3H3/q-1;/p+1. The second-order valence-electron chi connectivity index (χ2n) is 3.03. The van der Waals surface area contributed by atoms with Crippen LogP contribution in [0.2, 0.25) is 0 Å². The van der Waals surface area contributed by atoms with Gasteiger partial charge < -0.3 is 4.90 Å². The molecule has 66 valence electrons. The molecule has 13 heavy (non-hydrogen) atoms. The Hall–Kier alpha value is -1.74. The highest BCUT2D eigenvalue weighted by molar-refractivity contribution is 7.06. The van der Waals surface area contributed by atoms with Gasteiger partial charge in [-0.3, -0.25) is 23.3 Å². The molecule has 0 atom stereocenters. The van der Waals surface area contributed by atoms with Crippen molar-refractivity contribution in [2.45, 2.75) is 0 Å². The molecule has 0 aromatic carbocycles. The van der Waals surface area contributed by atoms with E-state index in [4.69, 9.17) is 25.7 Å². The maximum absolute atomic E-state index is 4.99. The van der Waals surface area contributed by atoms with Crippen molar-refractivity contribution in [2.24, 2.45) is 0 Å². The second-order valence-corrected chi connectivity index (χ2v) is 3.03. The summed E-state index contributed by atoms with van der Waals surface area (Å²) in [6, 6.07) is 0. The van der Waals surface area contributed by atoms with E-state index in [1.54, 1.807) is 0 Å². The van der Waals surface area contributed by atoms with Crippen LogP contribution in [0.5, 0.6) is 0 Å². The molecule has 0 aliphatic rings. The molecule has 0 spiro atoms. The lowest BCUT2D eigenvalue weighted by molar-refractivity contribution is -0.836. The highest BCUT2D eigenvalue weighted by Crippen LogP contribution is 1.92. The molecular weight excluding hydrogens is 157 g/mol. The predicted octanol–water partition coefficient (Wildman–Crippen LogP) is -1.11. The molecule has 2 heteroatoms. The van der Waals surface area contributed by atoms with E-state index < -0.39 is 6.15 Å². The summed E-state index contributed by atoms with van der Waals surface area (Å²) in [6.07, 6.45) is 18.1. The van der Waals surface area contributed by atoms with Gasteiger partial charge in [-0.05, 0) is 0 Å². The van der Waals surface area contributed by atoms with Crippen molar-refractivity contribution >= 4 is 6.15 Å². The van der Waals surface area contributed by atoms with Crippen molar-refractivity contribution in [3.8, 4) is 49.0 Å². The topological polar surface area (TPSA) is 4.44 Å². The van der Waals surface area contributed by atoms with Gasteiger partial charge in [-0.1, -0.05) is 0 Å². The van der Waals surface area contributed by atoms with Gasteiger partial charge in [0.05, 0.1) is 21.1 Å². The number of nitrogens with one attached hydrogen (secondary N) is 1. The zero-order valence-corrected chi connectivity index (χ0v) is 8.39. The number of terminal acetylenes is 4. The summed E-state index contributed by atoms with van der Waals surface area (Å²) in [5.74, 6) is 8.88. The first kappa shape index (κ1) is 13.8. The Morgan fingerprint density at radius 2 is 0.923 bits per heavy atom. The summed E-state index contributed by atoms with van der Waals surface area (Å²) in [6.45, 7) is 0. The van der Waals surface area contributed by atoms with Crippen LogP contribution in [0.25, 0.3) is 0 Å². The monoisotopic (exact) mass is 171 g/mol. The Labute approximate surface area is 81.8 Å². The summed E-state index contributed by atoms with van der Waals surface area (Å²) >= 11 is 0. The molecular formula is C11H14BN. The molecule has 0 fully saturated rings. The highest BCUT2D eigenvalue weighted by Gasteiger charge is 2.08. The molecule has 0 heterocycles. The maximum Gasteiger partial charge on any atom is 0.270 e. The third-order valence-corrected chi connectivity index (χ3v) is 1.00. The molecule has 0 amide bonds. The minimum Gasteiger partial charge on any atom is -0.342 e. The zero-order valence-electron chi connectivity index (χ0n) is 8.39. The van der Waals surface area contributed by atoms with Gasteiger partial charge in [0, 0.05) is 0 Å². The normalized spacial score (nSPS) is 8.00. The van der Waals surface area contributed by atoms with Gasteiger partial charge in [-0.2, -0.15) is 25.7 Å². The van der Waals surface area contributed by atoms with Crippen molar-refractivity contribution in [1.82, 2.24) is 0 Å². The molecule has 0 aliphatic heterocycles. The van der Waals surface area contributed by atoms with Crippen molar-refractivity contribution in [3.63, 3.8) is 0 Å². The molecule has 0 aromatic rings. The maximum atomic E-state index is 4.99. The Morgan fingerprint density at radius 3 is 0.923 bits per heavy atom.